The van der Waals surface area contributed by atoms with E-state index in [-0.39, 0.29) is 91.7 Å². The Hall–Kier alpha value is -8.96. The lowest BCUT2D eigenvalue weighted by atomic mass is 9.86. The van der Waals surface area contributed by atoms with Gasteiger partial charge in [-0.1, -0.05) is 24.3 Å². The Morgan fingerprint density at radius 2 is 0.986 bits per heavy atom. The first-order valence-corrected chi connectivity index (χ1v) is 22.5. The molecule has 9 amide bonds. The van der Waals surface area contributed by atoms with Crippen molar-refractivity contribution < 1.29 is 82.3 Å². The number of carbonyl (C=O) groups excluding carboxylic acids is 9. The summed E-state index contributed by atoms with van der Waals surface area (Å²) < 4.78 is 11.9. The first-order valence-electron chi connectivity index (χ1n) is 22.5. The molecule has 4 aromatic carbocycles. The molecule has 0 unspecified atom stereocenters. The number of fused-ring (bicyclic) bond motifs is 1. The average molecular weight is 996 g/mol. The summed E-state index contributed by atoms with van der Waals surface area (Å²) >= 11 is 0. The van der Waals surface area contributed by atoms with Crippen LogP contribution in [-0.4, -0.2) is 154 Å². The first-order chi connectivity index (χ1) is 34.4. The molecule has 2 aliphatic rings. The van der Waals surface area contributed by atoms with Crippen LogP contribution in [0.15, 0.2) is 60.7 Å². The minimum absolute atomic E-state index is 0.00215. The van der Waals surface area contributed by atoms with Crippen LogP contribution in [-0.2, 0) is 38.4 Å². The van der Waals surface area contributed by atoms with Crippen LogP contribution in [0, 0.1) is 0 Å². The summed E-state index contributed by atoms with van der Waals surface area (Å²) in [5.74, 6) is -9.55. The van der Waals surface area contributed by atoms with Crippen LogP contribution in [0.1, 0.15) is 86.9 Å². The number of imide groups is 2. The molecule has 8 N–H and O–H groups in total. The van der Waals surface area contributed by atoms with Crippen molar-refractivity contribution in [3.05, 3.63) is 82.9 Å². The zero-order valence-electron chi connectivity index (χ0n) is 38.6. The number of hydrogen-bond donors (Lipinski definition) is 8. The molecule has 4 aromatic rings. The normalized spacial score (nSPS) is 13.5. The molecule has 2 aliphatic heterocycles. The van der Waals surface area contributed by atoms with Crippen LogP contribution in [0.5, 0.6) is 11.5 Å². The molecule has 0 radical (unpaired) electrons. The molecule has 0 aromatic heterocycles. The fraction of sp³-hybridized carbons (Fsp3) is 0.333. The van der Waals surface area contributed by atoms with E-state index in [4.69, 9.17) is 19.7 Å². The van der Waals surface area contributed by atoms with Gasteiger partial charge in [0.15, 0.2) is 0 Å². The Labute approximate surface area is 408 Å². The van der Waals surface area contributed by atoms with Gasteiger partial charge in [-0.2, -0.15) is 0 Å². The molecular formula is C48H49N7O17. The molecule has 24 heteroatoms. The number of ether oxygens (including phenoxy) is 2. The van der Waals surface area contributed by atoms with E-state index in [1.807, 2.05) is 6.07 Å². The number of aliphatic carboxylic acids is 3. The molecule has 0 aliphatic carbocycles. The van der Waals surface area contributed by atoms with Crippen LogP contribution in [0.25, 0.3) is 21.5 Å². The van der Waals surface area contributed by atoms with Crippen LogP contribution in [0.4, 0.5) is 0 Å². The molecular weight excluding hydrogens is 947 g/mol. The second-order valence-corrected chi connectivity index (χ2v) is 16.4. The summed E-state index contributed by atoms with van der Waals surface area (Å²) in [6, 6.07) is 13.1. The van der Waals surface area contributed by atoms with Crippen molar-refractivity contribution in [3.63, 3.8) is 0 Å². The fourth-order valence-corrected chi connectivity index (χ4v) is 8.06. The minimum Gasteiger partial charge on any atom is -0.493 e. The lowest BCUT2D eigenvalue weighted by molar-refractivity contribution is -0.141. The Morgan fingerprint density at radius 1 is 0.528 bits per heavy atom. The summed E-state index contributed by atoms with van der Waals surface area (Å²) in [6.45, 7) is -0.183. The van der Waals surface area contributed by atoms with E-state index in [0.29, 0.717) is 28.7 Å². The zero-order valence-corrected chi connectivity index (χ0v) is 38.6. The van der Waals surface area contributed by atoms with Gasteiger partial charge in [-0.05, 0) is 49.2 Å². The standard InChI is InChI=1S/C48H49N7O17/c1-25(56)52-32(22-38(59)60)43(65)49-16-5-21-72-35-9-3-6-26-27(35)7-2-8-34(26)71-20-4-10-37(58)53-33(23-39(61)62)44(66)50-17-19-55-47(69)30-13-11-28-41-29(12-14-31(42(30)41)48(55)70)46(68)54(45(28)67)18-15-36(57)51-24-40(63)64/h2-3,6-9,11-14,32-33H,4-5,10,15-24H2,1H3,(H,49,65)(H,50,66)(H,51,57)(H,52,56)(H,53,58)(H,59,60)(H,61,62)(H,63,64)/t32-,33-/m0/s1. The molecule has 2 atom stereocenters. The van der Waals surface area contributed by atoms with E-state index in [0.717, 1.165) is 9.80 Å². The highest BCUT2D eigenvalue weighted by molar-refractivity contribution is 6.33. The first kappa shape index (κ1) is 52.4. The quantitative estimate of drug-likeness (QED) is 0.0315. The summed E-state index contributed by atoms with van der Waals surface area (Å²) in [6.07, 6.45) is -1.38. The van der Waals surface area contributed by atoms with E-state index >= 15 is 0 Å². The molecule has 0 saturated carbocycles. The number of benzene rings is 4. The highest BCUT2D eigenvalue weighted by atomic mass is 16.5. The van der Waals surface area contributed by atoms with Gasteiger partial charge >= 0.3 is 17.9 Å². The lowest BCUT2D eigenvalue weighted by Gasteiger charge is -2.32. The highest BCUT2D eigenvalue weighted by Crippen LogP contribution is 2.38. The zero-order chi connectivity index (χ0) is 52.2. The maximum absolute atomic E-state index is 13.7. The van der Waals surface area contributed by atoms with E-state index in [2.05, 4.69) is 26.6 Å². The van der Waals surface area contributed by atoms with Crippen LogP contribution in [0.2, 0.25) is 0 Å². The second-order valence-electron chi connectivity index (χ2n) is 16.4. The van der Waals surface area contributed by atoms with Gasteiger partial charge < -0.3 is 51.4 Å². The van der Waals surface area contributed by atoms with E-state index < -0.39 is 103 Å². The third-order valence-electron chi connectivity index (χ3n) is 11.3. The Balaban J connectivity index is 0.978. The van der Waals surface area contributed by atoms with Crippen molar-refractivity contribution in [2.24, 2.45) is 0 Å². The number of nitrogens with zero attached hydrogens (tertiary/aromatic N) is 2. The number of hydrogen-bond acceptors (Lipinski definition) is 14. The molecule has 0 bridgehead atoms. The van der Waals surface area contributed by atoms with E-state index in [1.54, 1.807) is 30.3 Å². The number of nitrogens with one attached hydrogen (secondary N) is 5. The van der Waals surface area contributed by atoms with Crippen molar-refractivity contribution in [3.8, 4) is 11.5 Å². The van der Waals surface area contributed by atoms with Crippen molar-refractivity contribution >= 4 is 92.6 Å². The van der Waals surface area contributed by atoms with Crippen molar-refractivity contribution in [1.82, 2.24) is 36.4 Å². The Kier molecular flexibility index (Phi) is 17.2. The third-order valence-corrected chi connectivity index (χ3v) is 11.3. The predicted octanol–water partition coefficient (Wildman–Crippen LogP) is 0.575. The molecule has 72 heavy (non-hydrogen) atoms. The summed E-state index contributed by atoms with van der Waals surface area (Å²) in [5.41, 5.74) is -0.0258. The summed E-state index contributed by atoms with van der Waals surface area (Å²) in [5, 5.41) is 40.8. The van der Waals surface area contributed by atoms with Gasteiger partial charge in [0, 0.05) is 89.7 Å². The molecule has 6 rings (SSSR count). The largest absolute Gasteiger partial charge is 0.493 e. The van der Waals surface area contributed by atoms with Gasteiger partial charge in [-0.3, -0.25) is 67.3 Å². The number of carboxylic acids is 3. The number of carbonyl (C=O) groups is 12. The van der Waals surface area contributed by atoms with Crippen molar-refractivity contribution in [2.75, 3.05) is 45.9 Å². The summed E-state index contributed by atoms with van der Waals surface area (Å²) in [7, 11) is 0. The van der Waals surface area contributed by atoms with Gasteiger partial charge in [0.25, 0.3) is 23.6 Å². The molecule has 2 heterocycles. The molecule has 24 nitrogen and oxygen atoms in total. The Bertz CT molecular complexity index is 2810. The summed E-state index contributed by atoms with van der Waals surface area (Å²) in [4.78, 5) is 152. The number of carboxylic acid groups (broad SMARTS) is 3. The molecule has 378 valence electrons. The number of amides is 9. The third kappa shape index (κ3) is 12.6. The molecule has 0 saturated heterocycles. The highest BCUT2D eigenvalue weighted by Gasteiger charge is 2.40. The number of rotatable bonds is 26. The van der Waals surface area contributed by atoms with Gasteiger partial charge in [0.1, 0.15) is 30.1 Å². The van der Waals surface area contributed by atoms with Crippen LogP contribution in [0.3, 0.4) is 0 Å². The van der Waals surface area contributed by atoms with E-state index in [9.17, 15) is 62.6 Å². The van der Waals surface area contributed by atoms with E-state index in [1.165, 1.54) is 31.2 Å². The maximum Gasteiger partial charge on any atom is 0.322 e. The monoisotopic (exact) mass is 995 g/mol. The van der Waals surface area contributed by atoms with Crippen LogP contribution < -0.4 is 36.1 Å². The molecule has 0 spiro atoms. The maximum atomic E-state index is 13.7. The SMILES string of the molecule is CC(=O)N[C@@H](CC(=O)O)C(=O)NCCCOc1cccc2c(OCCCC(=O)N[C@@H](CC(=O)O)C(=O)NCCN3C(=O)c4ccc5c6c(ccc(c46)C3=O)C(=O)N(CCC(=O)NCC(=O)O)C5=O)cccc12. The Morgan fingerprint density at radius 3 is 1.46 bits per heavy atom. The fourth-order valence-electron chi connectivity index (χ4n) is 8.06. The topological polar surface area (TPSA) is 351 Å². The predicted molar refractivity (Wildman–Crippen MR) is 249 cm³/mol. The van der Waals surface area contributed by atoms with Crippen molar-refractivity contribution in [1.29, 1.82) is 0 Å². The minimum atomic E-state index is -1.53. The van der Waals surface area contributed by atoms with Crippen molar-refractivity contribution in [2.45, 2.75) is 57.5 Å². The van der Waals surface area contributed by atoms with Gasteiger partial charge in [-0.25, -0.2) is 0 Å². The van der Waals surface area contributed by atoms with Gasteiger partial charge in [0.05, 0.1) is 26.1 Å². The van der Waals surface area contributed by atoms with Crippen LogP contribution >= 0.6 is 0 Å². The smallest absolute Gasteiger partial charge is 0.322 e. The van der Waals surface area contributed by atoms with Gasteiger partial charge in [0.2, 0.25) is 29.5 Å². The average Bonchev–Trinajstić information content (AvgIpc) is 3.33. The van der Waals surface area contributed by atoms with Gasteiger partial charge in [-0.15, -0.1) is 0 Å². The lowest BCUT2D eigenvalue weighted by Crippen LogP contribution is -2.50. The second kappa shape index (κ2) is 23.6. The molecule has 0 fully saturated rings.